The van der Waals surface area contributed by atoms with Crippen LogP contribution in [0.1, 0.15) is 55.5 Å². The summed E-state index contributed by atoms with van der Waals surface area (Å²) < 4.78 is 72.5. The number of nitrogens with zero attached hydrogens (tertiary/aromatic N) is 3. The summed E-state index contributed by atoms with van der Waals surface area (Å²) in [5.41, 5.74) is 6.64. The van der Waals surface area contributed by atoms with Crippen molar-refractivity contribution in [3.8, 4) is 5.69 Å². The highest BCUT2D eigenvalue weighted by Crippen LogP contribution is 2.45. The molecule has 0 unspecified atom stereocenters. The Morgan fingerprint density at radius 2 is 1.89 bits per heavy atom. The van der Waals surface area contributed by atoms with E-state index in [1.165, 1.54) is 0 Å². The van der Waals surface area contributed by atoms with Crippen LogP contribution in [0.25, 0.3) is 5.69 Å². The maximum atomic E-state index is 12.9. The first-order valence-electron chi connectivity index (χ1n) is 7.85. The molecule has 0 spiro atoms. The van der Waals surface area contributed by atoms with E-state index < -0.39 is 28.1 Å². The van der Waals surface area contributed by atoms with Crippen LogP contribution in [0.15, 0.2) is 17.0 Å². The smallest absolute Gasteiger partial charge is 0.368 e. The van der Waals surface area contributed by atoms with Crippen LogP contribution in [-0.2, 0) is 16.3 Å². The van der Waals surface area contributed by atoms with Gasteiger partial charge in [-0.05, 0) is 41.9 Å². The number of nitrogens with two attached hydrogens (primary N) is 1. The van der Waals surface area contributed by atoms with Gasteiger partial charge in [-0.2, -0.15) is 31.3 Å². The van der Waals surface area contributed by atoms with E-state index in [4.69, 9.17) is 5.73 Å². The zero-order chi connectivity index (χ0) is 19.4. The van der Waals surface area contributed by atoms with Crippen LogP contribution in [0.5, 0.6) is 0 Å². The summed E-state index contributed by atoms with van der Waals surface area (Å²) in [7, 11) is -4.57. The van der Waals surface area contributed by atoms with Gasteiger partial charge in [0, 0.05) is 0 Å². The highest BCUT2D eigenvalue weighted by atomic mass is 32.2. The predicted octanol–water partition coefficient (Wildman–Crippen LogP) is 3.27. The van der Waals surface area contributed by atoms with E-state index in [9.17, 15) is 26.1 Å². The van der Waals surface area contributed by atoms with Crippen LogP contribution < -0.4 is 5.73 Å². The second kappa shape index (κ2) is 6.75. The van der Waals surface area contributed by atoms with E-state index in [-0.39, 0.29) is 27.1 Å². The number of hydrogen-bond acceptors (Lipinski definition) is 5. The summed E-state index contributed by atoms with van der Waals surface area (Å²) in [4.78, 5) is 2.87. The Morgan fingerprint density at radius 3 is 2.30 bits per heavy atom. The molecule has 1 aliphatic rings. The molecule has 2 aromatic rings. The molecule has 0 atom stereocenters. The minimum atomic E-state index is -4.79. The molecule has 27 heavy (non-hydrogen) atoms. The SMILES string of the molecule is CC(C)c1cc(C2CC2)c(S(=O)(=O)O)cc1-n1nc(C(F)(F)F)nc1N.F. The van der Waals surface area contributed by atoms with E-state index >= 15 is 0 Å². The van der Waals surface area contributed by atoms with Crippen LogP contribution in [0.2, 0.25) is 0 Å². The first-order valence-corrected chi connectivity index (χ1v) is 9.29. The lowest BCUT2D eigenvalue weighted by Crippen LogP contribution is -2.12. The van der Waals surface area contributed by atoms with Crippen molar-refractivity contribution in [2.75, 3.05) is 5.73 Å². The molecule has 1 fully saturated rings. The Labute approximate surface area is 152 Å². The first-order chi connectivity index (χ1) is 11.9. The molecule has 0 amide bonds. The topological polar surface area (TPSA) is 111 Å². The molecular weight excluding hydrogens is 392 g/mol. The standard InChI is InChI=1S/C15H17F3N4O3S.FH/c1-7(2)9-5-10(8-3-4-8)12(26(23,24)25)6-11(9)22-14(19)20-13(21-22)15(16,17)18;/h5-8H,3-4H2,1-2H3,(H2,19,20,21)(H,23,24,25);1H. The Bertz CT molecular complexity index is 966. The van der Waals surface area contributed by atoms with E-state index in [0.717, 1.165) is 23.6 Å². The van der Waals surface area contributed by atoms with Crippen LogP contribution in [0.3, 0.4) is 0 Å². The molecule has 3 N–H and O–H groups in total. The van der Waals surface area contributed by atoms with Gasteiger partial charge in [0.25, 0.3) is 15.9 Å². The highest BCUT2D eigenvalue weighted by Gasteiger charge is 2.38. The number of hydrogen-bond donors (Lipinski definition) is 2. The Kier molecular flexibility index (Phi) is 5.27. The zero-order valence-corrected chi connectivity index (χ0v) is 15.2. The van der Waals surface area contributed by atoms with Crippen molar-refractivity contribution < 1.29 is 30.8 Å². The second-order valence-corrected chi connectivity index (χ2v) is 7.95. The largest absolute Gasteiger partial charge is 0.453 e. The van der Waals surface area contributed by atoms with Crippen molar-refractivity contribution in [1.82, 2.24) is 14.8 Å². The third kappa shape index (κ3) is 4.05. The second-order valence-electron chi connectivity index (χ2n) is 6.56. The first kappa shape index (κ1) is 21.1. The van der Waals surface area contributed by atoms with Crippen LogP contribution in [0.4, 0.5) is 23.8 Å². The van der Waals surface area contributed by atoms with Crippen molar-refractivity contribution in [3.05, 3.63) is 29.1 Å². The summed E-state index contributed by atoms with van der Waals surface area (Å²) >= 11 is 0. The molecule has 0 saturated heterocycles. The molecular formula is C15H18F4N4O3S. The van der Waals surface area contributed by atoms with Gasteiger partial charge in [0.1, 0.15) is 0 Å². The molecule has 7 nitrogen and oxygen atoms in total. The van der Waals surface area contributed by atoms with Gasteiger partial charge in [-0.1, -0.05) is 19.9 Å². The maximum Gasteiger partial charge on any atom is 0.453 e. The Balaban J connectivity index is 0.00000261. The fourth-order valence-corrected chi connectivity index (χ4v) is 3.59. The molecule has 1 saturated carbocycles. The van der Waals surface area contributed by atoms with Crippen LogP contribution in [0, 0.1) is 0 Å². The molecule has 0 radical (unpaired) electrons. The summed E-state index contributed by atoms with van der Waals surface area (Å²) in [6.45, 7) is 3.61. The van der Waals surface area contributed by atoms with Gasteiger partial charge in [0.15, 0.2) is 0 Å². The van der Waals surface area contributed by atoms with Crippen LogP contribution >= 0.6 is 0 Å². The lowest BCUT2D eigenvalue weighted by Gasteiger charge is -2.17. The van der Waals surface area contributed by atoms with Gasteiger partial charge in [-0.3, -0.25) is 9.26 Å². The predicted molar refractivity (Wildman–Crippen MR) is 89.2 cm³/mol. The summed E-state index contributed by atoms with van der Waals surface area (Å²) in [5, 5.41) is 3.39. The number of aromatic nitrogens is 3. The number of alkyl halides is 3. The molecule has 0 aliphatic heterocycles. The molecule has 150 valence electrons. The average Bonchev–Trinajstić information content (AvgIpc) is 3.26. The average molecular weight is 410 g/mol. The van der Waals surface area contributed by atoms with Gasteiger partial charge in [-0.15, -0.1) is 5.10 Å². The molecule has 0 bridgehead atoms. The van der Waals surface area contributed by atoms with E-state index in [2.05, 4.69) is 10.1 Å². The molecule has 3 rings (SSSR count). The maximum absolute atomic E-state index is 12.9. The number of nitrogen functional groups attached to an aromatic ring is 1. The van der Waals surface area contributed by atoms with Crippen LogP contribution in [-0.4, -0.2) is 27.7 Å². The van der Waals surface area contributed by atoms with Gasteiger partial charge >= 0.3 is 6.18 Å². The van der Waals surface area contributed by atoms with Gasteiger partial charge in [0.05, 0.1) is 10.6 Å². The van der Waals surface area contributed by atoms with Crippen molar-refractivity contribution >= 4 is 16.1 Å². The fraction of sp³-hybridized carbons (Fsp3) is 0.467. The third-order valence-corrected chi connectivity index (χ3v) is 5.10. The quantitative estimate of drug-likeness (QED) is 0.591. The number of benzene rings is 1. The molecule has 1 aliphatic carbocycles. The number of anilines is 1. The van der Waals surface area contributed by atoms with Crippen molar-refractivity contribution in [3.63, 3.8) is 0 Å². The van der Waals surface area contributed by atoms with E-state index in [0.29, 0.717) is 11.1 Å². The highest BCUT2D eigenvalue weighted by molar-refractivity contribution is 7.85. The molecule has 1 aromatic carbocycles. The lowest BCUT2D eigenvalue weighted by molar-refractivity contribution is -0.144. The molecule has 1 heterocycles. The monoisotopic (exact) mass is 410 g/mol. The Hall–Kier alpha value is -2.21. The minimum absolute atomic E-state index is 0. The van der Waals surface area contributed by atoms with Crippen molar-refractivity contribution in [2.24, 2.45) is 0 Å². The number of halogens is 4. The van der Waals surface area contributed by atoms with E-state index in [1.54, 1.807) is 19.9 Å². The lowest BCUT2D eigenvalue weighted by atomic mass is 9.96. The van der Waals surface area contributed by atoms with Crippen molar-refractivity contribution in [2.45, 2.75) is 49.6 Å². The summed E-state index contributed by atoms with van der Waals surface area (Å²) in [6.07, 6.45) is -3.23. The molecule has 12 heteroatoms. The van der Waals surface area contributed by atoms with E-state index in [1.807, 2.05) is 0 Å². The third-order valence-electron chi connectivity index (χ3n) is 4.19. The normalized spacial score (nSPS) is 15.1. The molecule has 1 aromatic heterocycles. The van der Waals surface area contributed by atoms with Crippen molar-refractivity contribution in [1.29, 1.82) is 0 Å². The Morgan fingerprint density at radius 1 is 1.30 bits per heavy atom. The number of rotatable bonds is 4. The zero-order valence-electron chi connectivity index (χ0n) is 14.4. The minimum Gasteiger partial charge on any atom is -0.368 e. The van der Waals surface area contributed by atoms with Gasteiger partial charge in [-0.25, -0.2) is 0 Å². The summed E-state index contributed by atoms with van der Waals surface area (Å²) in [5.74, 6) is -2.11. The summed E-state index contributed by atoms with van der Waals surface area (Å²) in [6, 6.07) is 2.71. The van der Waals surface area contributed by atoms with Gasteiger partial charge in [0.2, 0.25) is 5.95 Å². The fourth-order valence-electron chi connectivity index (χ4n) is 2.81. The van der Waals surface area contributed by atoms with Gasteiger partial charge < -0.3 is 5.73 Å².